The molecule has 0 aromatic heterocycles. The van der Waals surface area contributed by atoms with E-state index < -0.39 is 15.9 Å². The fourth-order valence-corrected chi connectivity index (χ4v) is 1.83. The van der Waals surface area contributed by atoms with Crippen molar-refractivity contribution in [1.29, 1.82) is 0 Å². The number of carbonyl (C=O) groups is 1. The zero-order chi connectivity index (χ0) is 13.2. The molecule has 1 aromatic carbocycles. The second kappa shape index (κ2) is 4.83. The van der Waals surface area contributed by atoms with Gasteiger partial charge in [-0.2, -0.15) is 0 Å². The van der Waals surface area contributed by atoms with Gasteiger partial charge < -0.3 is 14.8 Å². The first-order valence-electron chi connectivity index (χ1n) is 5.14. The summed E-state index contributed by atoms with van der Waals surface area (Å²) in [6, 6.07) is 4.73. The lowest BCUT2D eigenvalue weighted by Crippen LogP contribution is -2.31. The summed E-state index contributed by atoms with van der Waals surface area (Å²) in [6.45, 7) is 0.0952. The molecule has 98 valence electrons. The number of hydrogen-bond donors (Lipinski definition) is 2. The highest BCUT2D eigenvalue weighted by Crippen LogP contribution is 2.32. The zero-order valence-electron chi connectivity index (χ0n) is 9.38. The van der Waals surface area contributed by atoms with Crippen LogP contribution in [0.5, 0.6) is 11.5 Å². The number of sulfonamides is 1. The molecule has 0 spiro atoms. The standard InChI is InChI=1S/C10H12N2O5S/c11-18(14,15)4-3-12-10(13)7-1-2-8-9(5-7)17-6-16-8/h1-2,5H,3-4,6H2,(H,12,13)(H2,11,14,15). The Kier molecular flexibility index (Phi) is 3.39. The lowest BCUT2D eigenvalue weighted by atomic mass is 10.2. The third-order valence-electron chi connectivity index (χ3n) is 2.31. The first kappa shape index (κ1) is 12.7. The summed E-state index contributed by atoms with van der Waals surface area (Å²) in [4.78, 5) is 11.7. The molecule has 7 nitrogen and oxygen atoms in total. The molecule has 0 saturated carbocycles. The largest absolute Gasteiger partial charge is 0.454 e. The predicted octanol–water partition coefficient (Wildman–Crippen LogP) is -0.566. The summed E-state index contributed by atoms with van der Waals surface area (Å²) >= 11 is 0. The number of benzene rings is 1. The Morgan fingerprint density at radius 1 is 1.33 bits per heavy atom. The first-order chi connectivity index (χ1) is 8.46. The van der Waals surface area contributed by atoms with Gasteiger partial charge in [0.05, 0.1) is 5.75 Å². The summed E-state index contributed by atoms with van der Waals surface area (Å²) < 4.78 is 31.6. The Labute approximate surface area is 104 Å². The Bertz CT molecular complexity index is 570. The Morgan fingerprint density at radius 2 is 2.06 bits per heavy atom. The van der Waals surface area contributed by atoms with Crippen LogP contribution in [-0.2, 0) is 10.0 Å². The molecule has 2 rings (SSSR count). The van der Waals surface area contributed by atoms with E-state index in [4.69, 9.17) is 14.6 Å². The Balaban J connectivity index is 1.97. The molecule has 1 aliphatic heterocycles. The van der Waals surface area contributed by atoms with Crippen LogP contribution in [0.3, 0.4) is 0 Å². The Morgan fingerprint density at radius 3 is 2.78 bits per heavy atom. The number of nitrogens with two attached hydrogens (primary N) is 1. The molecule has 0 unspecified atom stereocenters. The summed E-state index contributed by atoms with van der Waals surface area (Å²) in [5.41, 5.74) is 0.369. The molecule has 0 aliphatic carbocycles. The molecule has 0 bridgehead atoms. The van der Waals surface area contributed by atoms with Crippen molar-refractivity contribution in [3.8, 4) is 11.5 Å². The van der Waals surface area contributed by atoms with E-state index in [1.54, 1.807) is 12.1 Å². The molecule has 0 atom stereocenters. The monoisotopic (exact) mass is 272 g/mol. The van der Waals surface area contributed by atoms with Gasteiger partial charge in [-0.25, -0.2) is 13.6 Å². The maximum atomic E-state index is 11.7. The van der Waals surface area contributed by atoms with Crippen LogP contribution in [0.4, 0.5) is 0 Å². The highest BCUT2D eigenvalue weighted by atomic mass is 32.2. The van der Waals surface area contributed by atoms with Crippen molar-refractivity contribution < 1.29 is 22.7 Å². The summed E-state index contributed by atoms with van der Waals surface area (Å²) in [7, 11) is -3.57. The van der Waals surface area contributed by atoms with E-state index in [2.05, 4.69) is 5.32 Å². The van der Waals surface area contributed by atoms with Crippen molar-refractivity contribution in [1.82, 2.24) is 5.32 Å². The van der Waals surface area contributed by atoms with Crippen LogP contribution in [0.1, 0.15) is 10.4 Å². The molecular formula is C10H12N2O5S. The average Bonchev–Trinajstić information content (AvgIpc) is 2.73. The van der Waals surface area contributed by atoms with Crippen LogP contribution in [0, 0.1) is 0 Å². The van der Waals surface area contributed by atoms with Crippen LogP contribution in [0.2, 0.25) is 0 Å². The van der Waals surface area contributed by atoms with Gasteiger partial charge in [0.1, 0.15) is 0 Å². The smallest absolute Gasteiger partial charge is 0.251 e. The summed E-state index contributed by atoms with van der Waals surface area (Å²) in [5.74, 6) is 0.380. The molecule has 0 radical (unpaired) electrons. The van der Waals surface area contributed by atoms with Gasteiger partial charge in [0, 0.05) is 12.1 Å². The lowest BCUT2D eigenvalue weighted by molar-refractivity contribution is 0.0955. The van der Waals surface area contributed by atoms with Crippen LogP contribution in [0.25, 0.3) is 0 Å². The second-order valence-electron chi connectivity index (χ2n) is 3.69. The van der Waals surface area contributed by atoms with Crippen molar-refractivity contribution in [2.24, 2.45) is 5.14 Å². The van der Waals surface area contributed by atoms with Crippen molar-refractivity contribution >= 4 is 15.9 Å². The number of amides is 1. The van der Waals surface area contributed by atoms with E-state index in [0.29, 0.717) is 17.1 Å². The molecule has 3 N–H and O–H groups in total. The normalized spacial score (nSPS) is 13.4. The van der Waals surface area contributed by atoms with Crippen molar-refractivity contribution in [2.45, 2.75) is 0 Å². The molecule has 1 aromatic rings. The maximum absolute atomic E-state index is 11.7. The SMILES string of the molecule is NS(=O)(=O)CCNC(=O)c1ccc2c(c1)OCO2. The molecular weight excluding hydrogens is 260 g/mol. The third-order valence-corrected chi connectivity index (χ3v) is 3.08. The minimum Gasteiger partial charge on any atom is -0.454 e. The van der Waals surface area contributed by atoms with E-state index in [1.807, 2.05) is 0 Å². The minimum absolute atomic E-state index is 0.0356. The number of primary sulfonamides is 1. The highest BCUT2D eigenvalue weighted by molar-refractivity contribution is 7.89. The van der Waals surface area contributed by atoms with E-state index in [0.717, 1.165) is 0 Å². The van der Waals surface area contributed by atoms with Gasteiger partial charge >= 0.3 is 0 Å². The topological polar surface area (TPSA) is 108 Å². The molecule has 1 heterocycles. The number of rotatable bonds is 4. The zero-order valence-corrected chi connectivity index (χ0v) is 10.2. The highest BCUT2D eigenvalue weighted by Gasteiger charge is 2.16. The Hall–Kier alpha value is -1.80. The second-order valence-corrected chi connectivity index (χ2v) is 5.42. The van der Waals surface area contributed by atoms with Crippen molar-refractivity contribution in [2.75, 3.05) is 19.1 Å². The van der Waals surface area contributed by atoms with Crippen LogP contribution < -0.4 is 19.9 Å². The molecule has 8 heteroatoms. The summed E-state index contributed by atoms with van der Waals surface area (Å²) in [6.07, 6.45) is 0. The van der Waals surface area contributed by atoms with Gasteiger partial charge in [0.25, 0.3) is 5.91 Å². The molecule has 1 amide bonds. The lowest BCUT2D eigenvalue weighted by Gasteiger charge is -2.05. The van der Waals surface area contributed by atoms with Gasteiger partial charge in [-0.3, -0.25) is 4.79 Å². The quantitative estimate of drug-likeness (QED) is 0.763. The fraction of sp³-hybridized carbons (Fsp3) is 0.300. The fourth-order valence-electron chi connectivity index (χ4n) is 1.45. The van der Waals surface area contributed by atoms with Gasteiger partial charge in [-0.1, -0.05) is 0 Å². The van der Waals surface area contributed by atoms with Crippen LogP contribution in [-0.4, -0.2) is 33.4 Å². The number of nitrogens with one attached hydrogen (secondary N) is 1. The van der Waals surface area contributed by atoms with Crippen LogP contribution in [0.15, 0.2) is 18.2 Å². The van der Waals surface area contributed by atoms with Gasteiger partial charge in [-0.05, 0) is 18.2 Å². The van der Waals surface area contributed by atoms with Crippen molar-refractivity contribution in [3.05, 3.63) is 23.8 Å². The number of carbonyl (C=O) groups excluding carboxylic acids is 1. The third kappa shape index (κ3) is 3.11. The van der Waals surface area contributed by atoms with Crippen molar-refractivity contribution in [3.63, 3.8) is 0 Å². The van der Waals surface area contributed by atoms with E-state index in [-0.39, 0.29) is 19.1 Å². The molecule has 18 heavy (non-hydrogen) atoms. The summed E-state index contributed by atoms with van der Waals surface area (Å²) in [5, 5.41) is 7.27. The molecule has 0 saturated heterocycles. The van der Waals surface area contributed by atoms with E-state index in [1.165, 1.54) is 6.07 Å². The number of hydrogen-bond acceptors (Lipinski definition) is 5. The van der Waals surface area contributed by atoms with Gasteiger partial charge in [-0.15, -0.1) is 0 Å². The molecule has 1 aliphatic rings. The number of fused-ring (bicyclic) bond motifs is 1. The number of ether oxygens (including phenoxy) is 2. The van der Waals surface area contributed by atoms with Gasteiger partial charge in [0.2, 0.25) is 16.8 Å². The molecule has 0 fully saturated rings. The maximum Gasteiger partial charge on any atom is 0.251 e. The van der Waals surface area contributed by atoms with Crippen LogP contribution >= 0.6 is 0 Å². The first-order valence-corrected chi connectivity index (χ1v) is 6.85. The van der Waals surface area contributed by atoms with Gasteiger partial charge in [0.15, 0.2) is 11.5 Å². The average molecular weight is 272 g/mol. The predicted molar refractivity (Wildman–Crippen MR) is 62.9 cm³/mol. The van der Waals surface area contributed by atoms with E-state index >= 15 is 0 Å². The van der Waals surface area contributed by atoms with E-state index in [9.17, 15) is 13.2 Å². The minimum atomic E-state index is -3.57.